The third-order valence-corrected chi connectivity index (χ3v) is 2.50. The van der Waals surface area contributed by atoms with Crippen LogP contribution in [0.25, 0.3) is 0 Å². The van der Waals surface area contributed by atoms with Gasteiger partial charge in [0.25, 0.3) is 5.91 Å². The number of nitrogens with two attached hydrogens (primary N) is 1. The lowest BCUT2D eigenvalue weighted by molar-refractivity contribution is -0.147. The number of methoxy groups -OCH3 is 1. The highest BCUT2D eigenvalue weighted by atomic mass is 16.5. The monoisotopic (exact) mass is 266 g/mol. The van der Waals surface area contributed by atoms with E-state index in [4.69, 9.17) is 10.5 Å². The molecule has 0 radical (unpaired) electrons. The molecule has 0 fully saturated rings. The molecule has 0 heterocycles. The smallest absolute Gasteiger partial charge is 0.325 e. The average Bonchev–Trinajstić information content (AvgIpc) is 2.41. The molecular weight excluding hydrogens is 248 g/mol. The molecule has 6 heteroatoms. The number of rotatable bonds is 6. The van der Waals surface area contributed by atoms with Crippen molar-refractivity contribution in [2.45, 2.75) is 6.92 Å². The largest absolute Gasteiger partial charge is 0.484 e. The summed E-state index contributed by atoms with van der Waals surface area (Å²) >= 11 is 0. The van der Waals surface area contributed by atoms with E-state index in [1.54, 1.807) is 31.2 Å². The van der Waals surface area contributed by atoms with E-state index in [0.717, 1.165) is 0 Å². The molecule has 0 aliphatic carbocycles. The third kappa shape index (κ3) is 4.87. The van der Waals surface area contributed by atoms with Crippen molar-refractivity contribution in [3.05, 3.63) is 24.3 Å². The molecule has 6 nitrogen and oxygen atoms in total. The number of esters is 1. The number of hydrogen-bond acceptors (Lipinski definition) is 5. The van der Waals surface area contributed by atoms with Gasteiger partial charge in [0.05, 0.1) is 7.11 Å². The lowest BCUT2D eigenvalue weighted by Gasteiger charge is -2.19. The molecule has 0 aliphatic heterocycles. The first kappa shape index (κ1) is 14.8. The fourth-order valence-electron chi connectivity index (χ4n) is 1.44. The summed E-state index contributed by atoms with van der Waals surface area (Å²) in [6.07, 6.45) is 0. The van der Waals surface area contributed by atoms with Gasteiger partial charge in [0.15, 0.2) is 6.61 Å². The lowest BCUT2D eigenvalue weighted by Crippen LogP contribution is -2.38. The Balaban J connectivity index is 2.51. The number of amides is 1. The van der Waals surface area contributed by atoms with Crippen LogP contribution in [-0.4, -0.2) is 43.6 Å². The molecule has 0 spiro atoms. The molecule has 1 amide bonds. The van der Waals surface area contributed by atoms with Crippen molar-refractivity contribution in [3.8, 4) is 5.75 Å². The normalized spacial score (nSPS) is 9.79. The predicted octanol–water partition coefficient (Wildman–Crippen LogP) is 0.669. The molecule has 0 aromatic heterocycles. The second-order valence-electron chi connectivity index (χ2n) is 3.85. The maximum Gasteiger partial charge on any atom is 0.325 e. The van der Waals surface area contributed by atoms with E-state index >= 15 is 0 Å². The number of carbonyl (C=O) groups excluding carboxylic acids is 2. The van der Waals surface area contributed by atoms with E-state index in [2.05, 4.69) is 4.74 Å². The van der Waals surface area contributed by atoms with Crippen molar-refractivity contribution >= 4 is 17.6 Å². The average molecular weight is 266 g/mol. The summed E-state index contributed by atoms with van der Waals surface area (Å²) in [4.78, 5) is 24.3. The number of nitrogen functional groups attached to an aromatic ring is 1. The van der Waals surface area contributed by atoms with Gasteiger partial charge in [-0.1, -0.05) is 6.07 Å². The minimum absolute atomic E-state index is 0.0773. The van der Waals surface area contributed by atoms with E-state index in [0.29, 0.717) is 18.0 Å². The Kier molecular flexibility index (Phi) is 5.66. The molecule has 0 aliphatic rings. The van der Waals surface area contributed by atoms with Gasteiger partial charge in [-0.3, -0.25) is 9.59 Å². The molecule has 1 rings (SSSR count). The minimum atomic E-state index is -0.459. The molecule has 0 saturated heterocycles. The van der Waals surface area contributed by atoms with E-state index < -0.39 is 5.97 Å². The maximum absolute atomic E-state index is 11.8. The van der Waals surface area contributed by atoms with Crippen LogP contribution in [0.15, 0.2) is 24.3 Å². The molecule has 0 atom stereocenters. The zero-order valence-electron chi connectivity index (χ0n) is 11.1. The SMILES string of the molecule is CCN(CC(=O)OC)C(=O)COc1cccc(N)c1. The van der Waals surface area contributed by atoms with E-state index in [9.17, 15) is 9.59 Å². The number of hydrogen-bond donors (Lipinski definition) is 1. The first-order valence-corrected chi connectivity index (χ1v) is 5.89. The molecule has 104 valence electrons. The summed E-state index contributed by atoms with van der Waals surface area (Å²) in [5.41, 5.74) is 6.16. The highest BCUT2D eigenvalue weighted by molar-refractivity contribution is 5.83. The van der Waals surface area contributed by atoms with Crippen molar-refractivity contribution < 1.29 is 19.1 Å². The second kappa shape index (κ2) is 7.25. The molecule has 19 heavy (non-hydrogen) atoms. The summed E-state index contributed by atoms with van der Waals surface area (Å²) in [5.74, 6) is -0.225. The van der Waals surface area contributed by atoms with Crippen molar-refractivity contribution in [2.75, 3.05) is 32.5 Å². The second-order valence-corrected chi connectivity index (χ2v) is 3.85. The van der Waals surface area contributed by atoms with Crippen LogP contribution in [-0.2, 0) is 14.3 Å². The first-order valence-electron chi connectivity index (χ1n) is 5.89. The highest BCUT2D eigenvalue weighted by Crippen LogP contribution is 2.14. The minimum Gasteiger partial charge on any atom is -0.484 e. The standard InChI is InChI=1S/C13H18N2O4/c1-3-15(8-13(17)18-2)12(16)9-19-11-6-4-5-10(14)7-11/h4-7H,3,8-9,14H2,1-2H3. The lowest BCUT2D eigenvalue weighted by atomic mass is 10.3. The van der Waals surface area contributed by atoms with Crippen LogP contribution < -0.4 is 10.5 Å². The van der Waals surface area contributed by atoms with Crippen LogP contribution in [0.1, 0.15) is 6.92 Å². The van der Waals surface area contributed by atoms with E-state index in [1.165, 1.54) is 12.0 Å². The quantitative estimate of drug-likeness (QED) is 0.604. The Morgan fingerprint density at radius 1 is 1.37 bits per heavy atom. The summed E-state index contributed by atoms with van der Waals surface area (Å²) in [7, 11) is 1.28. The van der Waals surface area contributed by atoms with E-state index in [1.807, 2.05) is 0 Å². The maximum atomic E-state index is 11.8. The van der Waals surface area contributed by atoms with Crippen molar-refractivity contribution in [3.63, 3.8) is 0 Å². The Labute approximate surface area is 112 Å². The van der Waals surface area contributed by atoms with Gasteiger partial charge in [-0.15, -0.1) is 0 Å². The predicted molar refractivity (Wildman–Crippen MR) is 70.6 cm³/mol. The topological polar surface area (TPSA) is 81.9 Å². The Morgan fingerprint density at radius 2 is 2.11 bits per heavy atom. The van der Waals surface area contributed by atoms with Gasteiger partial charge in [-0.05, 0) is 19.1 Å². The van der Waals surface area contributed by atoms with Gasteiger partial charge in [0.2, 0.25) is 0 Å². The number of likely N-dealkylation sites (N-methyl/N-ethyl adjacent to an activating group) is 1. The van der Waals surface area contributed by atoms with Crippen LogP contribution in [0.2, 0.25) is 0 Å². The molecule has 0 bridgehead atoms. The summed E-state index contributed by atoms with van der Waals surface area (Å²) in [5, 5.41) is 0. The number of nitrogens with zero attached hydrogens (tertiary/aromatic N) is 1. The molecule has 1 aromatic carbocycles. The van der Waals surface area contributed by atoms with Crippen LogP contribution in [0, 0.1) is 0 Å². The number of anilines is 1. The van der Waals surface area contributed by atoms with Crippen molar-refractivity contribution in [1.82, 2.24) is 4.90 Å². The number of benzene rings is 1. The first-order chi connectivity index (χ1) is 9.06. The fraction of sp³-hybridized carbons (Fsp3) is 0.385. The van der Waals surface area contributed by atoms with Crippen LogP contribution in [0.5, 0.6) is 5.75 Å². The summed E-state index contributed by atoms with van der Waals surface area (Å²) in [6, 6.07) is 6.80. The molecule has 1 aromatic rings. The Bertz CT molecular complexity index is 448. The summed E-state index contributed by atoms with van der Waals surface area (Å²) in [6.45, 7) is 1.97. The molecule has 0 unspecified atom stereocenters. The van der Waals surface area contributed by atoms with Gasteiger partial charge in [-0.2, -0.15) is 0 Å². The van der Waals surface area contributed by atoms with Gasteiger partial charge in [0, 0.05) is 18.3 Å². The fourth-order valence-corrected chi connectivity index (χ4v) is 1.44. The van der Waals surface area contributed by atoms with Crippen molar-refractivity contribution in [2.24, 2.45) is 0 Å². The highest BCUT2D eigenvalue weighted by Gasteiger charge is 2.16. The van der Waals surface area contributed by atoms with E-state index in [-0.39, 0.29) is 19.1 Å². The van der Waals surface area contributed by atoms with Crippen LogP contribution >= 0.6 is 0 Å². The summed E-state index contributed by atoms with van der Waals surface area (Å²) < 4.78 is 9.84. The van der Waals surface area contributed by atoms with Gasteiger partial charge in [-0.25, -0.2) is 0 Å². The number of ether oxygens (including phenoxy) is 2. The third-order valence-electron chi connectivity index (χ3n) is 2.50. The van der Waals surface area contributed by atoms with Crippen molar-refractivity contribution in [1.29, 1.82) is 0 Å². The molecular formula is C13H18N2O4. The van der Waals surface area contributed by atoms with Gasteiger partial charge >= 0.3 is 5.97 Å². The van der Waals surface area contributed by atoms with Crippen LogP contribution in [0.3, 0.4) is 0 Å². The number of carbonyl (C=O) groups is 2. The Hall–Kier alpha value is -2.24. The zero-order valence-corrected chi connectivity index (χ0v) is 11.1. The molecule has 0 saturated carbocycles. The van der Waals surface area contributed by atoms with Gasteiger partial charge < -0.3 is 20.1 Å². The van der Waals surface area contributed by atoms with Gasteiger partial charge in [0.1, 0.15) is 12.3 Å². The Morgan fingerprint density at radius 3 is 2.68 bits per heavy atom. The van der Waals surface area contributed by atoms with Crippen LogP contribution in [0.4, 0.5) is 5.69 Å². The molecule has 2 N–H and O–H groups in total. The zero-order chi connectivity index (χ0) is 14.3.